The average molecular weight is 223 g/mol. The molecule has 0 aromatic carbocycles. The molecular weight excluding hydrogens is 210 g/mol. The third-order valence-electron chi connectivity index (χ3n) is 2.62. The Hall–Kier alpha value is -1.69. The molecule has 1 unspecified atom stereocenters. The Morgan fingerprint density at radius 3 is 3.06 bits per heavy atom. The van der Waals surface area contributed by atoms with Gasteiger partial charge in [0.25, 0.3) is 0 Å². The van der Waals surface area contributed by atoms with Crippen LogP contribution in [0.4, 0.5) is 0 Å². The number of carboxylic acids is 1. The molecule has 2 heterocycles. The first-order chi connectivity index (χ1) is 7.72. The van der Waals surface area contributed by atoms with Crippen molar-refractivity contribution in [2.45, 2.75) is 12.3 Å². The summed E-state index contributed by atoms with van der Waals surface area (Å²) >= 11 is 0. The van der Waals surface area contributed by atoms with Gasteiger partial charge in [0.2, 0.25) is 0 Å². The first kappa shape index (κ1) is 10.8. The van der Waals surface area contributed by atoms with E-state index < -0.39 is 5.97 Å². The first-order valence-electron chi connectivity index (χ1n) is 5.07. The van der Waals surface area contributed by atoms with Gasteiger partial charge in [0.1, 0.15) is 5.82 Å². The number of ether oxygens (including phenoxy) is 1. The van der Waals surface area contributed by atoms with Gasteiger partial charge in [-0.25, -0.2) is 14.8 Å². The molecule has 6 nitrogen and oxygen atoms in total. The number of rotatable bonds is 3. The molecule has 0 bridgehead atoms. The van der Waals surface area contributed by atoms with E-state index in [1.165, 1.54) is 13.3 Å². The van der Waals surface area contributed by atoms with Crippen molar-refractivity contribution in [3.8, 4) is 5.75 Å². The molecule has 0 amide bonds. The second-order valence-corrected chi connectivity index (χ2v) is 3.64. The third kappa shape index (κ3) is 1.96. The Morgan fingerprint density at radius 2 is 2.50 bits per heavy atom. The van der Waals surface area contributed by atoms with Crippen LogP contribution >= 0.6 is 0 Å². The lowest BCUT2D eigenvalue weighted by atomic mass is 10.1. The number of aromatic nitrogens is 2. The molecule has 2 N–H and O–H groups in total. The van der Waals surface area contributed by atoms with Crippen molar-refractivity contribution in [3.05, 3.63) is 17.7 Å². The lowest BCUT2D eigenvalue weighted by molar-refractivity contribution is 0.0685. The molecule has 1 aromatic heterocycles. The molecule has 86 valence electrons. The predicted molar refractivity (Wildman–Crippen MR) is 55.8 cm³/mol. The summed E-state index contributed by atoms with van der Waals surface area (Å²) in [5, 5.41) is 12.2. The Morgan fingerprint density at radius 1 is 1.69 bits per heavy atom. The molecule has 6 heteroatoms. The van der Waals surface area contributed by atoms with Crippen molar-refractivity contribution in [1.82, 2.24) is 15.3 Å². The largest absolute Gasteiger partial charge is 0.493 e. The number of carbonyl (C=O) groups is 1. The molecule has 0 saturated carbocycles. The molecule has 2 rings (SSSR count). The van der Waals surface area contributed by atoms with Crippen LogP contribution in [-0.4, -0.2) is 41.2 Å². The van der Waals surface area contributed by atoms with Crippen LogP contribution in [0.3, 0.4) is 0 Å². The molecule has 16 heavy (non-hydrogen) atoms. The molecule has 1 aliphatic heterocycles. The summed E-state index contributed by atoms with van der Waals surface area (Å²) < 4.78 is 4.90. The SMILES string of the molecule is COc1cnc(C2CCNC2)nc1C(=O)O. The van der Waals surface area contributed by atoms with Gasteiger partial charge in [0.05, 0.1) is 13.3 Å². The van der Waals surface area contributed by atoms with Crippen LogP contribution in [0.25, 0.3) is 0 Å². The summed E-state index contributed by atoms with van der Waals surface area (Å²) in [5.41, 5.74) is -0.0700. The standard InChI is InChI=1S/C10H13N3O3/c1-16-7-5-12-9(6-2-3-11-4-6)13-8(7)10(14)15/h5-6,11H,2-4H2,1H3,(H,14,15). The maximum absolute atomic E-state index is 11.0. The molecule has 1 atom stereocenters. The zero-order valence-electron chi connectivity index (χ0n) is 8.93. The summed E-state index contributed by atoms with van der Waals surface area (Å²) in [6, 6.07) is 0. The minimum atomic E-state index is -1.09. The highest BCUT2D eigenvalue weighted by Gasteiger charge is 2.22. The zero-order chi connectivity index (χ0) is 11.5. The van der Waals surface area contributed by atoms with E-state index in [0.717, 1.165) is 19.5 Å². The molecule has 1 aromatic rings. The first-order valence-corrected chi connectivity index (χ1v) is 5.07. The maximum Gasteiger partial charge on any atom is 0.358 e. The van der Waals surface area contributed by atoms with Crippen LogP contribution in [0, 0.1) is 0 Å². The van der Waals surface area contributed by atoms with Gasteiger partial charge in [0.15, 0.2) is 11.4 Å². The van der Waals surface area contributed by atoms with Gasteiger partial charge in [-0.2, -0.15) is 0 Å². The Bertz CT molecular complexity index is 402. The van der Waals surface area contributed by atoms with Gasteiger partial charge in [-0.15, -0.1) is 0 Å². The highest BCUT2D eigenvalue weighted by atomic mass is 16.5. The quantitative estimate of drug-likeness (QED) is 0.764. The fourth-order valence-corrected chi connectivity index (χ4v) is 1.76. The fourth-order valence-electron chi connectivity index (χ4n) is 1.76. The molecule has 0 spiro atoms. The summed E-state index contributed by atoms with van der Waals surface area (Å²) in [5.74, 6) is -0.124. The van der Waals surface area contributed by atoms with Crippen molar-refractivity contribution >= 4 is 5.97 Å². The van der Waals surface area contributed by atoms with E-state index >= 15 is 0 Å². The van der Waals surface area contributed by atoms with Crippen LogP contribution in [0.1, 0.15) is 28.7 Å². The van der Waals surface area contributed by atoms with E-state index in [1.54, 1.807) is 0 Å². The number of hydrogen-bond acceptors (Lipinski definition) is 5. The van der Waals surface area contributed by atoms with E-state index in [2.05, 4.69) is 15.3 Å². The van der Waals surface area contributed by atoms with E-state index in [4.69, 9.17) is 9.84 Å². The Kier molecular flexibility index (Phi) is 3.00. The fraction of sp³-hybridized carbons (Fsp3) is 0.500. The minimum absolute atomic E-state index is 0.0700. The van der Waals surface area contributed by atoms with Crippen molar-refractivity contribution in [2.75, 3.05) is 20.2 Å². The third-order valence-corrected chi connectivity index (χ3v) is 2.62. The van der Waals surface area contributed by atoms with Gasteiger partial charge in [-0.3, -0.25) is 0 Å². The maximum atomic E-state index is 11.0. The summed E-state index contributed by atoms with van der Waals surface area (Å²) in [7, 11) is 1.40. The van der Waals surface area contributed by atoms with Crippen LogP contribution in [-0.2, 0) is 0 Å². The van der Waals surface area contributed by atoms with Gasteiger partial charge >= 0.3 is 5.97 Å². The second-order valence-electron chi connectivity index (χ2n) is 3.64. The van der Waals surface area contributed by atoms with Crippen LogP contribution in [0.5, 0.6) is 5.75 Å². The molecule has 0 aliphatic carbocycles. The molecule has 0 radical (unpaired) electrons. The Balaban J connectivity index is 2.34. The van der Waals surface area contributed by atoms with Crippen molar-refractivity contribution < 1.29 is 14.6 Å². The van der Waals surface area contributed by atoms with E-state index in [0.29, 0.717) is 5.82 Å². The normalized spacial score (nSPS) is 19.7. The van der Waals surface area contributed by atoms with Gasteiger partial charge in [-0.1, -0.05) is 0 Å². The number of aromatic carboxylic acids is 1. The second kappa shape index (κ2) is 4.44. The molecule has 1 saturated heterocycles. The average Bonchev–Trinajstić information content (AvgIpc) is 2.81. The molecule has 1 aliphatic rings. The van der Waals surface area contributed by atoms with Crippen molar-refractivity contribution in [2.24, 2.45) is 0 Å². The predicted octanol–water partition coefficient (Wildman–Crippen LogP) is 0.260. The number of methoxy groups -OCH3 is 1. The number of hydrogen-bond donors (Lipinski definition) is 2. The zero-order valence-corrected chi connectivity index (χ0v) is 8.93. The smallest absolute Gasteiger partial charge is 0.358 e. The molecular formula is C10H13N3O3. The van der Waals surface area contributed by atoms with Crippen LogP contribution in [0.15, 0.2) is 6.20 Å². The van der Waals surface area contributed by atoms with Gasteiger partial charge < -0.3 is 15.2 Å². The number of nitrogens with one attached hydrogen (secondary N) is 1. The van der Waals surface area contributed by atoms with E-state index in [1.807, 2.05) is 0 Å². The Labute approximate surface area is 92.7 Å². The van der Waals surface area contributed by atoms with Crippen molar-refractivity contribution in [1.29, 1.82) is 0 Å². The van der Waals surface area contributed by atoms with E-state index in [-0.39, 0.29) is 17.4 Å². The van der Waals surface area contributed by atoms with Crippen LogP contribution < -0.4 is 10.1 Å². The monoisotopic (exact) mass is 223 g/mol. The summed E-state index contributed by atoms with van der Waals surface area (Å²) in [6.45, 7) is 1.72. The van der Waals surface area contributed by atoms with E-state index in [9.17, 15) is 4.79 Å². The highest BCUT2D eigenvalue weighted by molar-refractivity contribution is 5.88. The number of nitrogens with zero attached hydrogens (tertiary/aromatic N) is 2. The van der Waals surface area contributed by atoms with Gasteiger partial charge in [-0.05, 0) is 13.0 Å². The minimum Gasteiger partial charge on any atom is -0.493 e. The highest BCUT2D eigenvalue weighted by Crippen LogP contribution is 2.22. The van der Waals surface area contributed by atoms with Crippen LogP contribution in [0.2, 0.25) is 0 Å². The topological polar surface area (TPSA) is 84.3 Å². The lowest BCUT2D eigenvalue weighted by Gasteiger charge is -2.09. The van der Waals surface area contributed by atoms with Crippen molar-refractivity contribution in [3.63, 3.8) is 0 Å². The van der Waals surface area contributed by atoms with Gasteiger partial charge in [0, 0.05) is 12.5 Å². The molecule has 1 fully saturated rings. The number of carboxylic acid groups (broad SMARTS) is 1. The summed E-state index contributed by atoms with van der Waals surface area (Å²) in [4.78, 5) is 19.1. The summed E-state index contributed by atoms with van der Waals surface area (Å²) in [6.07, 6.45) is 2.36. The lowest BCUT2D eigenvalue weighted by Crippen LogP contribution is -2.13.